The first-order valence-electron chi connectivity index (χ1n) is 13.5. The number of aryl methyl sites for hydroxylation is 2. The minimum Gasteiger partial charge on any atom is -0.467 e. The summed E-state index contributed by atoms with van der Waals surface area (Å²) in [5, 5.41) is 3.55. The predicted molar refractivity (Wildman–Crippen MR) is 159 cm³/mol. The van der Waals surface area contributed by atoms with Gasteiger partial charge in [-0.05, 0) is 91.9 Å². The number of fused-ring (bicyclic) bond motifs is 1. The molecule has 0 aliphatic carbocycles. The Morgan fingerprint density at radius 3 is 2.38 bits per heavy atom. The third-order valence-electron chi connectivity index (χ3n) is 7.39. The molecule has 0 fully saturated rings. The highest BCUT2D eigenvalue weighted by Crippen LogP contribution is 2.27. The molecule has 3 aromatic carbocycles. The molecule has 0 aliphatic heterocycles. The van der Waals surface area contributed by atoms with Crippen LogP contribution in [0, 0.1) is 13.8 Å². The average molecular weight is 535 g/mol. The third kappa shape index (κ3) is 5.41. The van der Waals surface area contributed by atoms with E-state index in [9.17, 15) is 9.59 Å². The molecule has 1 atom stereocenters. The van der Waals surface area contributed by atoms with Crippen molar-refractivity contribution in [2.24, 2.45) is 0 Å². The van der Waals surface area contributed by atoms with Gasteiger partial charge in [-0.1, -0.05) is 44.2 Å². The summed E-state index contributed by atoms with van der Waals surface area (Å²) in [5.41, 5.74) is 5.17. The largest absolute Gasteiger partial charge is 0.467 e. The van der Waals surface area contributed by atoms with Gasteiger partial charge in [0, 0.05) is 5.69 Å². The molecular formula is C33H34N4O3. The van der Waals surface area contributed by atoms with Crippen LogP contribution in [0.15, 0.2) is 94.3 Å². The zero-order valence-corrected chi connectivity index (χ0v) is 23.5. The zero-order chi connectivity index (χ0) is 28.4. The van der Waals surface area contributed by atoms with Gasteiger partial charge in [0.15, 0.2) is 0 Å². The number of benzene rings is 3. The standard InChI is InChI=1S/C33H34N4O3/c1-21(2)25-13-15-26(16-14-25)34-33(39)36(20-28-9-8-18-40-28)24(5)31-35-30-11-7-6-10-29(30)32(38)37(31)27-17-12-22(3)23(4)19-27/h6-19,21,24H,20H2,1-5H3,(H,34,39). The first-order valence-corrected chi connectivity index (χ1v) is 13.5. The van der Waals surface area contributed by atoms with E-state index < -0.39 is 6.04 Å². The molecule has 2 amide bonds. The fraction of sp³-hybridized carbons (Fsp3) is 0.242. The van der Waals surface area contributed by atoms with Crippen molar-refractivity contribution in [1.82, 2.24) is 14.5 Å². The number of anilines is 1. The molecule has 7 heteroatoms. The summed E-state index contributed by atoms with van der Waals surface area (Å²) in [4.78, 5) is 34.3. The van der Waals surface area contributed by atoms with E-state index in [1.165, 1.54) is 5.56 Å². The maximum absolute atomic E-state index is 13.9. The second-order valence-corrected chi connectivity index (χ2v) is 10.5. The third-order valence-corrected chi connectivity index (χ3v) is 7.39. The number of urea groups is 1. The fourth-order valence-corrected chi connectivity index (χ4v) is 4.79. The van der Waals surface area contributed by atoms with Crippen molar-refractivity contribution >= 4 is 22.6 Å². The molecule has 5 rings (SSSR count). The molecule has 1 unspecified atom stereocenters. The molecule has 2 aromatic heterocycles. The van der Waals surface area contributed by atoms with Crippen LogP contribution in [0.3, 0.4) is 0 Å². The summed E-state index contributed by atoms with van der Waals surface area (Å²) in [7, 11) is 0. The zero-order valence-electron chi connectivity index (χ0n) is 23.5. The highest BCUT2D eigenvalue weighted by molar-refractivity contribution is 5.89. The number of furan rings is 1. The monoisotopic (exact) mass is 534 g/mol. The van der Waals surface area contributed by atoms with Crippen LogP contribution in [0.4, 0.5) is 10.5 Å². The van der Waals surface area contributed by atoms with Gasteiger partial charge < -0.3 is 14.6 Å². The molecule has 0 spiro atoms. The summed E-state index contributed by atoms with van der Waals surface area (Å²) in [6.45, 7) is 10.4. The number of hydrogen-bond donors (Lipinski definition) is 1. The second kappa shape index (κ2) is 11.2. The van der Waals surface area contributed by atoms with E-state index in [1.54, 1.807) is 27.9 Å². The highest BCUT2D eigenvalue weighted by atomic mass is 16.3. The summed E-state index contributed by atoms with van der Waals surface area (Å²) in [6, 6.07) is 23.8. The quantitative estimate of drug-likeness (QED) is 0.234. The van der Waals surface area contributed by atoms with Crippen LogP contribution in [-0.4, -0.2) is 20.5 Å². The van der Waals surface area contributed by atoms with E-state index >= 15 is 0 Å². The molecular weight excluding hydrogens is 500 g/mol. The van der Waals surface area contributed by atoms with Crippen LogP contribution in [0.5, 0.6) is 0 Å². The van der Waals surface area contributed by atoms with Crippen molar-refractivity contribution in [1.29, 1.82) is 0 Å². The number of hydrogen-bond acceptors (Lipinski definition) is 4. The average Bonchev–Trinajstić information content (AvgIpc) is 3.46. The Bertz CT molecular complexity index is 1700. The topological polar surface area (TPSA) is 80.4 Å². The van der Waals surface area contributed by atoms with Crippen molar-refractivity contribution < 1.29 is 9.21 Å². The molecule has 0 aliphatic rings. The highest BCUT2D eigenvalue weighted by Gasteiger charge is 2.28. The lowest BCUT2D eigenvalue weighted by atomic mass is 10.0. The Morgan fingerprint density at radius 2 is 1.70 bits per heavy atom. The summed E-state index contributed by atoms with van der Waals surface area (Å²) in [5.74, 6) is 1.48. The van der Waals surface area contributed by atoms with Crippen LogP contribution < -0.4 is 10.9 Å². The Kier molecular flexibility index (Phi) is 7.56. The lowest BCUT2D eigenvalue weighted by Gasteiger charge is -2.30. The molecule has 5 aromatic rings. The van der Waals surface area contributed by atoms with E-state index in [1.807, 2.05) is 87.5 Å². The van der Waals surface area contributed by atoms with Crippen LogP contribution in [0.2, 0.25) is 0 Å². The number of nitrogens with one attached hydrogen (secondary N) is 1. The van der Waals surface area contributed by atoms with Crippen LogP contribution in [0.1, 0.15) is 61.0 Å². The molecule has 0 saturated heterocycles. The van der Waals surface area contributed by atoms with Crippen molar-refractivity contribution in [3.8, 4) is 5.69 Å². The number of carbonyl (C=O) groups is 1. The van der Waals surface area contributed by atoms with Gasteiger partial charge in [0.05, 0.1) is 35.4 Å². The Balaban J connectivity index is 1.61. The first-order chi connectivity index (χ1) is 19.2. The van der Waals surface area contributed by atoms with Gasteiger partial charge in [0.1, 0.15) is 11.6 Å². The van der Waals surface area contributed by atoms with Gasteiger partial charge in [0.25, 0.3) is 5.56 Å². The van der Waals surface area contributed by atoms with Crippen molar-refractivity contribution in [3.63, 3.8) is 0 Å². The predicted octanol–water partition coefficient (Wildman–Crippen LogP) is 7.51. The van der Waals surface area contributed by atoms with Crippen LogP contribution in [0.25, 0.3) is 16.6 Å². The number of amides is 2. The number of nitrogens with zero attached hydrogens (tertiary/aromatic N) is 3. The number of aromatic nitrogens is 2. The van der Waals surface area contributed by atoms with Gasteiger partial charge >= 0.3 is 6.03 Å². The number of carbonyl (C=O) groups excluding carboxylic acids is 1. The Morgan fingerprint density at radius 1 is 0.950 bits per heavy atom. The minimum absolute atomic E-state index is 0.182. The Labute approximate surface area is 234 Å². The van der Waals surface area contributed by atoms with Crippen LogP contribution in [-0.2, 0) is 6.54 Å². The summed E-state index contributed by atoms with van der Waals surface area (Å²) in [6.07, 6.45) is 1.58. The minimum atomic E-state index is -0.584. The van der Waals surface area contributed by atoms with E-state index in [0.717, 1.165) is 11.1 Å². The smallest absolute Gasteiger partial charge is 0.322 e. The molecule has 7 nitrogen and oxygen atoms in total. The van der Waals surface area contributed by atoms with E-state index in [4.69, 9.17) is 9.40 Å². The molecule has 204 valence electrons. The first kappa shape index (κ1) is 26.9. The van der Waals surface area contributed by atoms with Crippen molar-refractivity contribution in [2.75, 3.05) is 5.32 Å². The maximum Gasteiger partial charge on any atom is 0.322 e. The van der Waals surface area contributed by atoms with Gasteiger partial charge in [-0.2, -0.15) is 0 Å². The summed E-state index contributed by atoms with van der Waals surface area (Å²) >= 11 is 0. The van der Waals surface area contributed by atoms with E-state index in [-0.39, 0.29) is 18.1 Å². The Hall–Kier alpha value is -4.65. The SMILES string of the molecule is Cc1ccc(-n2c(C(C)N(Cc3ccco3)C(=O)Nc3ccc(C(C)C)cc3)nc3ccccc3c2=O)cc1C. The number of para-hydroxylation sites is 1. The lowest BCUT2D eigenvalue weighted by Crippen LogP contribution is -2.39. The van der Waals surface area contributed by atoms with E-state index in [2.05, 4.69) is 19.2 Å². The van der Waals surface area contributed by atoms with Crippen LogP contribution >= 0.6 is 0 Å². The van der Waals surface area contributed by atoms with Crippen molar-refractivity contribution in [2.45, 2.75) is 53.1 Å². The number of rotatable bonds is 7. The molecule has 1 N–H and O–H groups in total. The van der Waals surface area contributed by atoms with Gasteiger partial charge in [0.2, 0.25) is 0 Å². The van der Waals surface area contributed by atoms with E-state index in [0.29, 0.717) is 39.8 Å². The lowest BCUT2D eigenvalue weighted by molar-refractivity contribution is 0.179. The molecule has 0 radical (unpaired) electrons. The normalized spacial score (nSPS) is 12.1. The van der Waals surface area contributed by atoms with Crippen molar-refractivity contribution in [3.05, 3.63) is 124 Å². The molecule has 0 saturated carbocycles. The van der Waals surface area contributed by atoms with Gasteiger partial charge in [-0.3, -0.25) is 9.36 Å². The molecule has 0 bridgehead atoms. The van der Waals surface area contributed by atoms with Gasteiger partial charge in [-0.25, -0.2) is 9.78 Å². The van der Waals surface area contributed by atoms with Gasteiger partial charge in [-0.15, -0.1) is 0 Å². The second-order valence-electron chi connectivity index (χ2n) is 10.5. The molecule has 40 heavy (non-hydrogen) atoms. The maximum atomic E-state index is 13.9. The molecule has 2 heterocycles. The summed E-state index contributed by atoms with van der Waals surface area (Å²) < 4.78 is 7.24. The fourth-order valence-electron chi connectivity index (χ4n) is 4.79.